The summed E-state index contributed by atoms with van der Waals surface area (Å²) in [6, 6.07) is 7.20. The van der Waals surface area contributed by atoms with Crippen molar-refractivity contribution >= 4 is 23.4 Å². The second-order valence-electron chi connectivity index (χ2n) is 6.87. The minimum atomic E-state index is -0.675. The van der Waals surface area contributed by atoms with E-state index in [0.29, 0.717) is 31.3 Å². The molecule has 0 bridgehead atoms. The van der Waals surface area contributed by atoms with Gasteiger partial charge in [-0.1, -0.05) is 11.6 Å². The summed E-state index contributed by atoms with van der Waals surface area (Å²) >= 11 is 5.95. The number of carbonyl (C=O) groups excluding carboxylic acids is 1. The first-order valence-corrected chi connectivity index (χ1v) is 8.94. The molecule has 1 unspecified atom stereocenters. The maximum atomic E-state index is 12.5. The van der Waals surface area contributed by atoms with Crippen LogP contribution in [0.2, 0.25) is 5.02 Å². The normalized spacial score (nSPS) is 24.1. The van der Waals surface area contributed by atoms with Crippen LogP contribution in [0, 0.1) is 0 Å². The zero-order chi connectivity index (χ0) is 18.1. The summed E-state index contributed by atoms with van der Waals surface area (Å²) in [5, 5.41) is 0.635. The zero-order valence-corrected chi connectivity index (χ0v) is 15.4. The van der Waals surface area contributed by atoms with E-state index in [9.17, 15) is 4.79 Å². The molecule has 2 saturated heterocycles. The SMILES string of the molecule is Cn1cncc1CN1CCOCC2(C1)CN(c1ccc(Cl)cc1)C(=O)O2. The first kappa shape index (κ1) is 17.3. The van der Waals surface area contributed by atoms with E-state index in [1.807, 2.05) is 29.9 Å². The molecular weight excluding hydrogens is 356 g/mol. The molecule has 0 saturated carbocycles. The van der Waals surface area contributed by atoms with Crippen molar-refractivity contribution in [3.8, 4) is 0 Å². The van der Waals surface area contributed by atoms with Gasteiger partial charge in [-0.15, -0.1) is 0 Å². The summed E-state index contributed by atoms with van der Waals surface area (Å²) in [6.45, 7) is 3.59. The van der Waals surface area contributed by atoms with E-state index in [-0.39, 0.29) is 6.09 Å². The van der Waals surface area contributed by atoms with Gasteiger partial charge >= 0.3 is 6.09 Å². The van der Waals surface area contributed by atoms with E-state index in [1.165, 1.54) is 0 Å². The summed E-state index contributed by atoms with van der Waals surface area (Å²) in [5.74, 6) is 0. The average molecular weight is 377 g/mol. The molecule has 26 heavy (non-hydrogen) atoms. The number of hydrogen-bond donors (Lipinski definition) is 0. The molecule has 8 heteroatoms. The molecule has 1 amide bonds. The van der Waals surface area contributed by atoms with Gasteiger partial charge in [0.2, 0.25) is 0 Å². The first-order valence-electron chi connectivity index (χ1n) is 8.56. The fourth-order valence-corrected chi connectivity index (χ4v) is 3.61. The van der Waals surface area contributed by atoms with Crippen LogP contribution in [0.15, 0.2) is 36.8 Å². The number of aromatic nitrogens is 2. The third-order valence-corrected chi connectivity index (χ3v) is 5.09. The number of halogens is 1. The number of aryl methyl sites for hydroxylation is 1. The van der Waals surface area contributed by atoms with E-state index < -0.39 is 5.60 Å². The molecule has 1 spiro atoms. The van der Waals surface area contributed by atoms with Crippen molar-refractivity contribution in [3.05, 3.63) is 47.5 Å². The molecule has 0 aliphatic carbocycles. The van der Waals surface area contributed by atoms with Gasteiger partial charge in [0.05, 0.1) is 31.8 Å². The van der Waals surface area contributed by atoms with Crippen molar-refractivity contribution in [2.24, 2.45) is 7.05 Å². The number of nitrogens with zero attached hydrogens (tertiary/aromatic N) is 4. The van der Waals surface area contributed by atoms with Gasteiger partial charge in [0.1, 0.15) is 0 Å². The Labute approximate surface area is 157 Å². The lowest BCUT2D eigenvalue weighted by Gasteiger charge is -2.29. The molecule has 4 rings (SSSR count). The van der Waals surface area contributed by atoms with Crippen molar-refractivity contribution in [1.82, 2.24) is 14.5 Å². The van der Waals surface area contributed by atoms with Crippen LogP contribution in [0.5, 0.6) is 0 Å². The third kappa shape index (κ3) is 3.42. The molecule has 0 radical (unpaired) electrons. The highest BCUT2D eigenvalue weighted by molar-refractivity contribution is 6.30. The van der Waals surface area contributed by atoms with Gasteiger partial charge in [0.25, 0.3) is 0 Å². The molecule has 1 aromatic carbocycles. The molecule has 1 aromatic heterocycles. The Morgan fingerprint density at radius 1 is 1.27 bits per heavy atom. The lowest BCUT2D eigenvalue weighted by atomic mass is 10.0. The third-order valence-electron chi connectivity index (χ3n) is 4.84. The number of ether oxygens (including phenoxy) is 2. The Kier molecular flexibility index (Phi) is 4.60. The molecule has 7 nitrogen and oxygen atoms in total. The smallest absolute Gasteiger partial charge is 0.415 e. The molecule has 2 aliphatic heterocycles. The Hall–Kier alpha value is -2.09. The van der Waals surface area contributed by atoms with E-state index in [1.54, 1.807) is 23.4 Å². The van der Waals surface area contributed by atoms with Crippen LogP contribution in [0.1, 0.15) is 5.69 Å². The summed E-state index contributed by atoms with van der Waals surface area (Å²) in [5.41, 5.74) is 1.21. The van der Waals surface area contributed by atoms with Crippen LogP contribution >= 0.6 is 11.6 Å². The van der Waals surface area contributed by atoms with E-state index in [2.05, 4.69) is 9.88 Å². The number of anilines is 1. The summed E-state index contributed by atoms with van der Waals surface area (Å²) < 4.78 is 13.6. The molecule has 2 aliphatic rings. The fraction of sp³-hybridized carbons (Fsp3) is 0.444. The Bertz CT molecular complexity index is 794. The number of hydrogen-bond acceptors (Lipinski definition) is 5. The quantitative estimate of drug-likeness (QED) is 0.822. The highest BCUT2D eigenvalue weighted by Crippen LogP contribution is 2.31. The maximum absolute atomic E-state index is 12.5. The van der Waals surface area contributed by atoms with Crippen LogP contribution < -0.4 is 4.90 Å². The van der Waals surface area contributed by atoms with Gasteiger partial charge in [0.15, 0.2) is 5.60 Å². The molecular formula is C18H21ClN4O3. The highest BCUT2D eigenvalue weighted by Gasteiger charge is 2.48. The topological polar surface area (TPSA) is 59.8 Å². The van der Waals surface area contributed by atoms with Crippen LogP contribution in [0.3, 0.4) is 0 Å². The average Bonchev–Trinajstić information content (AvgIpc) is 3.08. The standard InChI is InChI=1S/C18H21ClN4O3/c1-21-13-20-8-16(21)9-22-6-7-25-12-18(10-22)11-23(17(24)26-18)15-4-2-14(19)3-5-15/h2-5,8,13H,6-7,9-12H2,1H3. The number of rotatable bonds is 3. The van der Waals surface area contributed by atoms with Crippen LogP contribution in [-0.2, 0) is 23.1 Å². The predicted molar refractivity (Wildman–Crippen MR) is 97.3 cm³/mol. The molecule has 1 atom stereocenters. The predicted octanol–water partition coefficient (Wildman–Crippen LogP) is 2.30. The highest BCUT2D eigenvalue weighted by atomic mass is 35.5. The zero-order valence-electron chi connectivity index (χ0n) is 14.6. The summed E-state index contributed by atoms with van der Waals surface area (Å²) in [6.07, 6.45) is 3.30. The van der Waals surface area contributed by atoms with Crippen molar-refractivity contribution in [1.29, 1.82) is 0 Å². The largest absolute Gasteiger partial charge is 0.437 e. The van der Waals surface area contributed by atoms with Crippen LogP contribution in [-0.4, -0.2) is 59.0 Å². The fourth-order valence-electron chi connectivity index (χ4n) is 3.49. The molecule has 3 heterocycles. The lowest BCUT2D eigenvalue weighted by Crippen LogP contribution is -2.47. The van der Waals surface area contributed by atoms with Gasteiger partial charge in [0, 0.05) is 43.6 Å². The summed E-state index contributed by atoms with van der Waals surface area (Å²) in [7, 11) is 1.98. The monoisotopic (exact) mass is 376 g/mol. The van der Waals surface area contributed by atoms with Gasteiger partial charge in [-0.25, -0.2) is 9.78 Å². The molecule has 2 aromatic rings. The minimum absolute atomic E-state index is 0.349. The van der Waals surface area contributed by atoms with Crippen molar-refractivity contribution in [2.45, 2.75) is 12.1 Å². The minimum Gasteiger partial charge on any atom is -0.437 e. The molecule has 138 valence electrons. The Morgan fingerprint density at radius 3 is 2.81 bits per heavy atom. The second kappa shape index (κ2) is 6.90. The Morgan fingerprint density at radius 2 is 2.08 bits per heavy atom. The van der Waals surface area contributed by atoms with Crippen molar-refractivity contribution in [3.63, 3.8) is 0 Å². The van der Waals surface area contributed by atoms with Gasteiger partial charge in [-0.3, -0.25) is 9.80 Å². The van der Waals surface area contributed by atoms with Gasteiger partial charge in [-0.2, -0.15) is 0 Å². The van der Waals surface area contributed by atoms with Gasteiger partial charge in [-0.05, 0) is 24.3 Å². The van der Waals surface area contributed by atoms with E-state index in [0.717, 1.165) is 24.5 Å². The number of amides is 1. The number of benzene rings is 1. The number of carbonyl (C=O) groups is 1. The van der Waals surface area contributed by atoms with Crippen LogP contribution in [0.4, 0.5) is 10.5 Å². The van der Waals surface area contributed by atoms with Crippen LogP contribution in [0.25, 0.3) is 0 Å². The summed E-state index contributed by atoms with van der Waals surface area (Å²) in [4.78, 5) is 20.6. The lowest BCUT2D eigenvalue weighted by molar-refractivity contribution is -0.0155. The first-order chi connectivity index (χ1) is 12.5. The van der Waals surface area contributed by atoms with E-state index >= 15 is 0 Å². The molecule has 0 N–H and O–H groups in total. The maximum Gasteiger partial charge on any atom is 0.415 e. The van der Waals surface area contributed by atoms with Crippen molar-refractivity contribution in [2.75, 3.05) is 37.7 Å². The molecule has 2 fully saturated rings. The number of imidazole rings is 1. The van der Waals surface area contributed by atoms with Gasteiger partial charge < -0.3 is 14.0 Å². The van der Waals surface area contributed by atoms with E-state index in [4.69, 9.17) is 21.1 Å². The van der Waals surface area contributed by atoms with Crippen molar-refractivity contribution < 1.29 is 14.3 Å². The Balaban J connectivity index is 1.52. The second-order valence-corrected chi connectivity index (χ2v) is 7.31.